The number of carbonyl (C=O) groups excluding carboxylic acids is 1. The molecule has 1 amide bonds. The van der Waals surface area contributed by atoms with Gasteiger partial charge in [0.25, 0.3) is 5.91 Å². The van der Waals surface area contributed by atoms with E-state index < -0.39 is 0 Å². The van der Waals surface area contributed by atoms with Gasteiger partial charge in [0.15, 0.2) is 10.4 Å². The number of nitrogens with one attached hydrogen (secondary N) is 1. The molecular weight excluding hydrogens is 348 g/mol. The zero-order valence-electron chi connectivity index (χ0n) is 11.6. The second-order valence-corrected chi connectivity index (χ2v) is 5.32. The number of furan rings is 1. The summed E-state index contributed by atoms with van der Waals surface area (Å²) in [4.78, 5) is 16.1. The van der Waals surface area contributed by atoms with Crippen LogP contribution in [0.3, 0.4) is 0 Å². The molecule has 7 heteroatoms. The van der Waals surface area contributed by atoms with Crippen LogP contribution in [-0.4, -0.2) is 27.2 Å². The molecule has 0 aliphatic carbocycles. The molecule has 0 aromatic carbocycles. The van der Waals surface area contributed by atoms with Crippen LogP contribution < -0.4 is 5.32 Å². The van der Waals surface area contributed by atoms with Crippen molar-refractivity contribution in [3.63, 3.8) is 0 Å². The van der Waals surface area contributed by atoms with Crippen molar-refractivity contribution in [3.8, 4) is 11.4 Å². The molecule has 3 aromatic heterocycles. The SMILES string of the molecule is O=C(NCCn1ccc(-c2ccccn2)n1)c1ccc(Br)o1. The second-order valence-electron chi connectivity index (χ2n) is 4.54. The minimum atomic E-state index is -0.247. The zero-order chi connectivity index (χ0) is 15.4. The standard InChI is InChI=1S/C15H13BrN4O2/c16-14-5-4-13(22-14)15(21)18-8-10-20-9-6-12(19-20)11-3-1-2-7-17-11/h1-7,9H,8,10H2,(H,18,21). The van der Waals surface area contributed by atoms with E-state index in [1.807, 2.05) is 30.5 Å². The quantitative estimate of drug-likeness (QED) is 0.759. The van der Waals surface area contributed by atoms with Crippen molar-refractivity contribution in [2.24, 2.45) is 0 Å². The largest absolute Gasteiger partial charge is 0.444 e. The Kier molecular flexibility index (Phi) is 4.34. The number of amides is 1. The first-order chi connectivity index (χ1) is 10.7. The van der Waals surface area contributed by atoms with E-state index in [4.69, 9.17) is 4.42 Å². The van der Waals surface area contributed by atoms with Crippen molar-refractivity contribution in [1.82, 2.24) is 20.1 Å². The minimum absolute atomic E-state index is 0.247. The highest BCUT2D eigenvalue weighted by Gasteiger charge is 2.09. The van der Waals surface area contributed by atoms with Gasteiger partial charge in [-0.25, -0.2) is 0 Å². The topological polar surface area (TPSA) is 73.0 Å². The third-order valence-corrected chi connectivity index (χ3v) is 3.42. The molecule has 1 N–H and O–H groups in total. The van der Waals surface area contributed by atoms with Gasteiger partial charge in [-0.1, -0.05) is 6.07 Å². The Balaban J connectivity index is 1.54. The minimum Gasteiger partial charge on any atom is -0.444 e. The fraction of sp³-hybridized carbons (Fsp3) is 0.133. The number of aromatic nitrogens is 3. The lowest BCUT2D eigenvalue weighted by molar-refractivity contribution is 0.0923. The van der Waals surface area contributed by atoms with Crippen LogP contribution in [0.2, 0.25) is 0 Å². The monoisotopic (exact) mass is 360 g/mol. The van der Waals surface area contributed by atoms with Gasteiger partial charge in [-0.05, 0) is 46.3 Å². The van der Waals surface area contributed by atoms with Crippen LogP contribution >= 0.6 is 15.9 Å². The van der Waals surface area contributed by atoms with E-state index in [1.165, 1.54) is 0 Å². The molecule has 0 spiro atoms. The van der Waals surface area contributed by atoms with Gasteiger partial charge in [-0.3, -0.25) is 14.5 Å². The maximum Gasteiger partial charge on any atom is 0.287 e. The number of nitrogens with zero attached hydrogens (tertiary/aromatic N) is 3. The summed E-state index contributed by atoms with van der Waals surface area (Å²) in [6.07, 6.45) is 3.59. The van der Waals surface area contributed by atoms with E-state index in [-0.39, 0.29) is 11.7 Å². The molecule has 0 atom stereocenters. The average molecular weight is 361 g/mol. The van der Waals surface area contributed by atoms with Crippen molar-refractivity contribution in [2.75, 3.05) is 6.54 Å². The lowest BCUT2D eigenvalue weighted by Gasteiger charge is -2.03. The molecule has 3 heterocycles. The molecule has 0 unspecified atom stereocenters. The third kappa shape index (κ3) is 3.43. The van der Waals surface area contributed by atoms with E-state index in [0.717, 1.165) is 11.4 Å². The van der Waals surface area contributed by atoms with Crippen LogP contribution in [-0.2, 0) is 6.54 Å². The first-order valence-electron chi connectivity index (χ1n) is 6.71. The highest BCUT2D eigenvalue weighted by molar-refractivity contribution is 9.10. The zero-order valence-corrected chi connectivity index (χ0v) is 13.2. The Morgan fingerprint density at radius 1 is 1.23 bits per heavy atom. The summed E-state index contributed by atoms with van der Waals surface area (Å²) >= 11 is 3.16. The van der Waals surface area contributed by atoms with Crippen LogP contribution in [0.5, 0.6) is 0 Å². The first-order valence-corrected chi connectivity index (χ1v) is 7.50. The second kappa shape index (κ2) is 6.57. The summed E-state index contributed by atoms with van der Waals surface area (Å²) in [5.74, 6) is 0.0318. The summed E-state index contributed by atoms with van der Waals surface area (Å²) in [5, 5.41) is 7.21. The summed E-state index contributed by atoms with van der Waals surface area (Å²) < 4.78 is 7.48. The molecular formula is C15H13BrN4O2. The third-order valence-electron chi connectivity index (χ3n) is 2.99. The lowest BCUT2D eigenvalue weighted by atomic mass is 10.3. The summed E-state index contributed by atoms with van der Waals surface area (Å²) in [6, 6.07) is 10.9. The Bertz CT molecular complexity index is 767. The predicted molar refractivity (Wildman–Crippen MR) is 84.2 cm³/mol. The van der Waals surface area contributed by atoms with Crippen molar-refractivity contribution < 1.29 is 9.21 Å². The van der Waals surface area contributed by atoms with E-state index in [2.05, 4.69) is 31.3 Å². The number of hydrogen-bond donors (Lipinski definition) is 1. The van der Waals surface area contributed by atoms with Crippen LogP contribution in [0.1, 0.15) is 10.6 Å². The van der Waals surface area contributed by atoms with E-state index in [1.54, 1.807) is 23.0 Å². The molecule has 22 heavy (non-hydrogen) atoms. The van der Waals surface area contributed by atoms with Crippen molar-refractivity contribution in [2.45, 2.75) is 6.54 Å². The molecule has 0 bridgehead atoms. The number of hydrogen-bond acceptors (Lipinski definition) is 4. The summed E-state index contributed by atoms with van der Waals surface area (Å²) in [7, 11) is 0. The lowest BCUT2D eigenvalue weighted by Crippen LogP contribution is -2.27. The highest BCUT2D eigenvalue weighted by atomic mass is 79.9. The van der Waals surface area contributed by atoms with Gasteiger partial charge in [-0.15, -0.1) is 0 Å². The number of carbonyl (C=O) groups is 1. The summed E-state index contributed by atoms with van der Waals surface area (Å²) in [5.41, 5.74) is 1.63. The van der Waals surface area contributed by atoms with Gasteiger partial charge in [0.1, 0.15) is 5.69 Å². The highest BCUT2D eigenvalue weighted by Crippen LogP contribution is 2.14. The van der Waals surface area contributed by atoms with Gasteiger partial charge in [0.2, 0.25) is 0 Å². The number of halogens is 1. The van der Waals surface area contributed by atoms with E-state index in [0.29, 0.717) is 17.8 Å². The van der Waals surface area contributed by atoms with Crippen molar-refractivity contribution in [1.29, 1.82) is 0 Å². The first kappa shape index (κ1) is 14.5. The van der Waals surface area contributed by atoms with Gasteiger partial charge >= 0.3 is 0 Å². The van der Waals surface area contributed by atoms with Crippen molar-refractivity contribution >= 4 is 21.8 Å². The van der Waals surface area contributed by atoms with Crippen LogP contribution in [0.25, 0.3) is 11.4 Å². The molecule has 0 aliphatic rings. The smallest absolute Gasteiger partial charge is 0.287 e. The van der Waals surface area contributed by atoms with Gasteiger partial charge in [-0.2, -0.15) is 5.10 Å². The molecule has 3 aromatic rings. The Morgan fingerprint density at radius 3 is 2.86 bits per heavy atom. The average Bonchev–Trinajstić information content (AvgIpc) is 3.17. The fourth-order valence-corrected chi connectivity index (χ4v) is 2.25. The molecule has 0 radical (unpaired) electrons. The molecule has 6 nitrogen and oxygen atoms in total. The van der Waals surface area contributed by atoms with Crippen molar-refractivity contribution in [3.05, 3.63) is 59.2 Å². The Labute approximate surface area is 135 Å². The number of rotatable bonds is 5. The molecule has 0 saturated carbocycles. The maximum absolute atomic E-state index is 11.8. The predicted octanol–water partition coefficient (Wildman–Crippen LogP) is 2.73. The normalized spacial score (nSPS) is 10.6. The molecule has 0 aliphatic heterocycles. The maximum atomic E-state index is 11.8. The van der Waals surface area contributed by atoms with Gasteiger partial charge < -0.3 is 9.73 Å². The van der Waals surface area contributed by atoms with Gasteiger partial charge in [0, 0.05) is 18.9 Å². The number of pyridine rings is 1. The van der Waals surface area contributed by atoms with Crippen LogP contribution in [0.15, 0.2) is 57.9 Å². The Hall–Kier alpha value is -2.41. The molecule has 3 rings (SSSR count). The summed E-state index contributed by atoms with van der Waals surface area (Å²) in [6.45, 7) is 1.03. The fourth-order valence-electron chi connectivity index (χ4n) is 1.94. The molecule has 0 fully saturated rings. The molecule has 112 valence electrons. The molecule has 0 saturated heterocycles. The van der Waals surface area contributed by atoms with Gasteiger partial charge in [0.05, 0.1) is 12.2 Å². The van der Waals surface area contributed by atoms with Crippen LogP contribution in [0.4, 0.5) is 0 Å². The Morgan fingerprint density at radius 2 is 2.14 bits per heavy atom. The van der Waals surface area contributed by atoms with E-state index >= 15 is 0 Å². The van der Waals surface area contributed by atoms with Crippen LogP contribution in [0, 0.1) is 0 Å². The van der Waals surface area contributed by atoms with E-state index in [9.17, 15) is 4.79 Å².